The summed E-state index contributed by atoms with van der Waals surface area (Å²) in [7, 11) is 0. The molecule has 1 amide bonds. The van der Waals surface area contributed by atoms with Crippen LogP contribution >= 0.6 is 0 Å². The first-order valence-electron chi connectivity index (χ1n) is 26.6. The van der Waals surface area contributed by atoms with Gasteiger partial charge in [-0.1, -0.05) is 237 Å². The van der Waals surface area contributed by atoms with E-state index < -0.39 is 12.1 Å². The van der Waals surface area contributed by atoms with Crippen molar-refractivity contribution >= 4 is 11.9 Å². The van der Waals surface area contributed by atoms with Crippen LogP contribution in [-0.4, -0.2) is 47.4 Å². The van der Waals surface area contributed by atoms with Crippen LogP contribution in [-0.2, 0) is 14.3 Å². The number of esters is 1. The lowest BCUT2D eigenvalue weighted by Gasteiger charge is -2.20. The van der Waals surface area contributed by atoms with Gasteiger partial charge in [-0.25, -0.2) is 0 Å². The number of ether oxygens (including phenoxy) is 1. The molecule has 0 radical (unpaired) electrons. The molecule has 354 valence electrons. The number of nitrogens with one attached hydrogen (secondary N) is 1. The third-order valence-corrected chi connectivity index (χ3v) is 12.2. The standard InChI is InChI=1S/C54H103NO5/c1-3-5-7-9-11-13-14-15-16-17-18-19-22-25-28-32-36-40-44-48-54(59)60-49-45-41-37-33-29-26-23-20-21-24-27-31-35-39-43-47-53(58)55-51(50-56)52(57)46-42-38-34-30-12-10-8-6-4-2/h15-16,42,46,51-52,56-57H,3-14,17-41,43-45,47-50H2,1-2H3,(H,55,58)/b16-15-,46-42+. The monoisotopic (exact) mass is 846 g/mol. The zero-order valence-electron chi connectivity index (χ0n) is 40.2. The minimum Gasteiger partial charge on any atom is -0.466 e. The predicted octanol–water partition coefficient (Wildman–Crippen LogP) is 15.9. The lowest BCUT2D eigenvalue weighted by Crippen LogP contribution is -2.45. The molecule has 0 aliphatic heterocycles. The summed E-state index contributed by atoms with van der Waals surface area (Å²) in [6.45, 7) is 4.85. The number of amides is 1. The van der Waals surface area contributed by atoms with Crippen LogP contribution < -0.4 is 5.32 Å². The second-order valence-corrected chi connectivity index (χ2v) is 18.2. The van der Waals surface area contributed by atoms with Gasteiger partial charge in [-0.2, -0.15) is 0 Å². The molecule has 0 aliphatic rings. The third kappa shape index (κ3) is 45.9. The maximum absolute atomic E-state index is 12.4. The second-order valence-electron chi connectivity index (χ2n) is 18.2. The SMILES string of the molecule is CCCCCCCC/C=C\CCCCCCCCCCCC(=O)OCCCCCCCCCCCCCCCCCC(=O)NC(CO)C(O)/C=C/CCCCCCCCC. The van der Waals surface area contributed by atoms with Crippen LogP contribution in [0.25, 0.3) is 0 Å². The fourth-order valence-corrected chi connectivity index (χ4v) is 8.10. The van der Waals surface area contributed by atoms with Crippen LogP contribution in [0.4, 0.5) is 0 Å². The molecule has 0 fully saturated rings. The lowest BCUT2D eigenvalue weighted by atomic mass is 10.0. The maximum Gasteiger partial charge on any atom is 0.305 e. The molecule has 2 unspecified atom stereocenters. The van der Waals surface area contributed by atoms with Gasteiger partial charge in [-0.3, -0.25) is 9.59 Å². The number of unbranched alkanes of at least 4 members (excludes halogenated alkanes) is 36. The summed E-state index contributed by atoms with van der Waals surface area (Å²) in [6, 6.07) is -0.632. The number of allylic oxidation sites excluding steroid dienone is 3. The average molecular weight is 846 g/mol. The highest BCUT2D eigenvalue weighted by atomic mass is 16.5. The molecule has 0 bridgehead atoms. The van der Waals surface area contributed by atoms with Gasteiger partial charge in [0, 0.05) is 12.8 Å². The van der Waals surface area contributed by atoms with E-state index in [-0.39, 0.29) is 18.5 Å². The molecule has 0 aliphatic carbocycles. The minimum atomic E-state index is -0.847. The Morgan fingerprint density at radius 2 is 0.783 bits per heavy atom. The van der Waals surface area contributed by atoms with Crippen molar-refractivity contribution in [1.82, 2.24) is 5.32 Å². The molecule has 6 heteroatoms. The van der Waals surface area contributed by atoms with E-state index in [4.69, 9.17) is 4.74 Å². The summed E-state index contributed by atoms with van der Waals surface area (Å²) >= 11 is 0. The van der Waals surface area contributed by atoms with Gasteiger partial charge in [0.1, 0.15) is 0 Å². The summed E-state index contributed by atoms with van der Waals surface area (Å²) in [6.07, 6.45) is 59.0. The Morgan fingerprint density at radius 1 is 0.450 bits per heavy atom. The number of rotatable bonds is 49. The highest BCUT2D eigenvalue weighted by Crippen LogP contribution is 2.16. The Labute approximate surface area is 373 Å². The first-order chi connectivity index (χ1) is 29.5. The molecule has 6 nitrogen and oxygen atoms in total. The van der Waals surface area contributed by atoms with Crippen molar-refractivity contribution in [2.45, 2.75) is 296 Å². The molecule has 0 heterocycles. The van der Waals surface area contributed by atoms with E-state index in [2.05, 4.69) is 31.3 Å². The molecule has 60 heavy (non-hydrogen) atoms. The fourth-order valence-electron chi connectivity index (χ4n) is 8.10. The zero-order chi connectivity index (χ0) is 43.7. The van der Waals surface area contributed by atoms with Crippen molar-refractivity contribution in [2.24, 2.45) is 0 Å². The smallest absolute Gasteiger partial charge is 0.305 e. The van der Waals surface area contributed by atoms with E-state index in [0.717, 1.165) is 57.8 Å². The number of aliphatic hydroxyl groups is 2. The lowest BCUT2D eigenvalue weighted by molar-refractivity contribution is -0.143. The van der Waals surface area contributed by atoms with Gasteiger partial charge >= 0.3 is 5.97 Å². The first-order valence-corrected chi connectivity index (χ1v) is 26.6. The Balaban J connectivity index is 3.40. The Kier molecular flexibility index (Phi) is 48.6. The number of hydrogen-bond acceptors (Lipinski definition) is 5. The molecule has 2 atom stereocenters. The molecule has 0 aromatic heterocycles. The van der Waals surface area contributed by atoms with Crippen LogP contribution in [0.1, 0.15) is 284 Å². The Bertz CT molecular complexity index is 935. The van der Waals surface area contributed by atoms with Crippen molar-refractivity contribution in [3.8, 4) is 0 Å². The first kappa shape index (κ1) is 58.3. The van der Waals surface area contributed by atoms with Gasteiger partial charge < -0.3 is 20.3 Å². The second kappa shape index (κ2) is 50.0. The normalized spacial score (nSPS) is 12.8. The molecular weight excluding hydrogens is 743 g/mol. The van der Waals surface area contributed by atoms with Gasteiger partial charge in [-0.15, -0.1) is 0 Å². The van der Waals surface area contributed by atoms with E-state index in [1.165, 1.54) is 199 Å². The molecule has 0 aromatic carbocycles. The topological polar surface area (TPSA) is 95.9 Å². The number of carbonyl (C=O) groups excluding carboxylic acids is 2. The van der Waals surface area contributed by atoms with Crippen LogP contribution in [0.3, 0.4) is 0 Å². The number of hydrogen-bond donors (Lipinski definition) is 3. The van der Waals surface area contributed by atoms with E-state index in [0.29, 0.717) is 19.4 Å². The highest BCUT2D eigenvalue weighted by Gasteiger charge is 2.18. The van der Waals surface area contributed by atoms with Crippen molar-refractivity contribution < 1.29 is 24.5 Å². The van der Waals surface area contributed by atoms with Gasteiger partial charge in [0.05, 0.1) is 25.4 Å². The minimum absolute atomic E-state index is 0.00142. The molecular formula is C54H103NO5. The van der Waals surface area contributed by atoms with Gasteiger partial charge in [0.2, 0.25) is 5.91 Å². The summed E-state index contributed by atoms with van der Waals surface area (Å²) in [5.41, 5.74) is 0. The fraction of sp³-hybridized carbons (Fsp3) is 0.889. The summed E-state index contributed by atoms with van der Waals surface area (Å²) < 4.78 is 5.48. The molecule has 0 saturated heterocycles. The van der Waals surface area contributed by atoms with Gasteiger partial charge in [0.25, 0.3) is 0 Å². The third-order valence-electron chi connectivity index (χ3n) is 12.2. The van der Waals surface area contributed by atoms with E-state index in [1.54, 1.807) is 6.08 Å². The van der Waals surface area contributed by atoms with E-state index in [9.17, 15) is 19.8 Å². The molecule has 0 aromatic rings. The van der Waals surface area contributed by atoms with Crippen molar-refractivity contribution in [3.63, 3.8) is 0 Å². The summed E-state index contributed by atoms with van der Waals surface area (Å²) in [5, 5.41) is 22.9. The largest absolute Gasteiger partial charge is 0.466 e. The summed E-state index contributed by atoms with van der Waals surface area (Å²) in [5.74, 6) is -0.0806. The highest BCUT2D eigenvalue weighted by molar-refractivity contribution is 5.76. The maximum atomic E-state index is 12.4. The quantitative estimate of drug-likeness (QED) is 0.0322. The van der Waals surface area contributed by atoms with Crippen LogP contribution in [0.5, 0.6) is 0 Å². The van der Waals surface area contributed by atoms with Crippen LogP contribution in [0.2, 0.25) is 0 Å². The summed E-state index contributed by atoms with van der Waals surface area (Å²) in [4.78, 5) is 24.4. The zero-order valence-corrected chi connectivity index (χ0v) is 40.2. The van der Waals surface area contributed by atoms with Crippen LogP contribution in [0, 0.1) is 0 Å². The van der Waals surface area contributed by atoms with Crippen LogP contribution in [0.15, 0.2) is 24.3 Å². The molecule has 0 saturated carbocycles. The van der Waals surface area contributed by atoms with Gasteiger partial charge in [-0.05, 0) is 57.8 Å². The Hall–Kier alpha value is -1.66. The van der Waals surface area contributed by atoms with Gasteiger partial charge in [0.15, 0.2) is 0 Å². The van der Waals surface area contributed by atoms with E-state index in [1.807, 2.05) is 6.08 Å². The molecule has 0 spiro atoms. The van der Waals surface area contributed by atoms with Crippen molar-refractivity contribution in [2.75, 3.05) is 13.2 Å². The van der Waals surface area contributed by atoms with Crippen molar-refractivity contribution in [1.29, 1.82) is 0 Å². The predicted molar refractivity (Wildman–Crippen MR) is 260 cm³/mol. The molecule has 0 rings (SSSR count). The van der Waals surface area contributed by atoms with Crippen molar-refractivity contribution in [3.05, 3.63) is 24.3 Å². The number of carbonyl (C=O) groups is 2. The number of aliphatic hydroxyl groups excluding tert-OH is 2. The van der Waals surface area contributed by atoms with E-state index >= 15 is 0 Å². The Morgan fingerprint density at radius 3 is 1.18 bits per heavy atom. The molecule has 3 N–H and O–H groups in total. The average Bonchev–Trinajstić information content (AvgIpc) is 3.25.